The van der Waals surface area contributed by atoms with Gasteiger partial charge in [-0.2, -0.15) is 26.3 Å². The lowest BCUT2D eigenvalue weighted by Crippen LogP contribution is -2.29. The van der Waals surface area contributed by atoms with Crippen LogP contribution in [0.4, 0.5) is 32.0 Å². The monoisotopic (exact) mass is 619 g/mol. The highest BCUT2D eigenvalue weighted by atomic mass is 19.4. The van der Waals surface area contributed by atoms with Crippen LogP contribution in [-0.4, -0.2) is 56.5 Å². The number of carboxylic acid groups (broad SMARTS) is 1. The number of rotatable bonds is 6. The highest BCUT2D eigenvalue weighted by Crippen LogP contribution is 2.43. The lowest BCUT2D eigenvalue weighted by molar-refractivity contribution is -0.173. The highest BCUT2D eigenvalue weighted by molar-refractivity contribution is 6.01. The molecular weight excluding hydrogens is 588 g/mol. The number of halogens is 6. The van der Waals surface area contributed by atoms with Crippen LogP contribution in [0.3, 0.4) is 0 Å². The fourth-order valence-electron chi connectivity index (χ4n) is 5.21. The maximum atomic E-state index is 13.8. The number of aliphatic hydroxyl groups is 1. The van der Waals surface area contributed by atoms with Gasteiger partial charge in [-0.05, 0) is 55.7 Å². The van der Waals surface area contributed by atoms with Crippen molar-refractivity contribution in [3.8, 4) is 5.69 Å². The Kier molecular flexibility index (Phi) is 9.68. The second-order valence-corrected chi connectivity index (χ2v) is 11.4. The first-order chi connectivity index (χ1) is 19.7. The van der Waals surface area contributed by atoms with Crippen LogP contribution in [0, 0.1) is 5.41 Å². The standard InChI is InChI=1S/C24H28F3N3O3.C4H3F3O3/c1-23(2)10-19-21(20(32)11-23)17(24(25,26)27)12-30(19)14-5-8-16(22(28)33)18(9-14)29-13-3-6-15(31)7-4-13;5-4(6,7)2(8)1-3(9)10/h5,8-9,12-13,15,29,31H,3-4,6-7,10-11H2,1-2H3,(H2,28,33);1H2,(H,9,10). The molecule has 0 unspecified atom stereocenters. The number of carbonyl (C=O) groups excluding carboxylic acids is 3. The van der Waals surface area contributed by atoms with E-state index in [1.165, 1.54) is 10.6 Å². The third kappa shape index (κ3) is 8.36. The molecule has 1 amide bonds. The molecular formula is C28H31F6N3O6. The Hall–Kier alpha value is -3.88. The number of benzene rings is 1. The Morgan fingerprint density at radius 3 is 2.14 bits per heavy atom. The SMILES string of the molecule is CC1(C)CC(=O)c2c(C(F)(F)F)cn(-c3ccc(C(N)=O)c(NC4CCC(O)CC4)c3)c2C1.O=C(O)CC(=O)C(F)(F)F. The molecule has 15 heteroatoms. The zero-order valence-corrected chi connectivity index (χ0v) is 23.2. The van der Waals surface area contributed by atoms with Gasteiger partial charge in [0.1, 0.15) is 6.42 Å². The molecule has 2 aromatic rings. The summed E-state index contributed by atoms with van der Waals surface area (Å²) in [7, 11) is 0. The number of nitrogens with two attached hydrogens (primary N) is 1. The van der Waals surface area contributed by atoms with Crippen LogP contribution in [-0.2, 0) is 22.2 Å². The number of amides is 1. The summed E-state index contributed by atoms with van der Waals surface area (Å²) in [5.74, 6) is -5.18. The summed E-state index contributed by atoms with van der Waals surface area (Å²) in [6.45, 7) is 3.72. The zero-order chi connectivity index (χ0) is 32.5. The van der Waals surface area contributed by atoms with Crippen molar-refractivity contribution in [2.24, 2.45) is 11.1 Å². The second-order valence-electron chi connectivity index (χ2n) is 11.4. The van der Waals surface area contributed by atoms with Gasteiger partial charge in [0.25, 0.3) is 5.91 Å². The Bertz CT molecular complexity index is 1400. The largest absolute Gasteiger partial charge is 0.481 e. The molecule has 2 aliphatic rings. The Balaban J connectivity index is 0.000000436. The first-order valence-corrected chi connectivity index (χ1v) is 13.2. The number of anilines is 1. The van der Waals surface area contributed by atoms with Gasteiger partial charge in [-0.3, -0.25) is 19.2 Å². The number of primary amides is 1. The third-order valence-corrected chi connectivity index (χ3v) is 7.21. The van der Waals surface area contributed by atoms with E-state index in [4.69, 9.17) is 10.8 Å². The van der Waals surface area contributed by atoms with E-state index in [2.05, 4.69) is 5.32 Å². The molecule has 9 nitrogen and oxygen atoms in total. The molecule has 4 rings (SSSR count). The first kappa shape index (κ1) is 33.6. The van der Waals surface area contributed by atoms with Gasteiger partial charge in [0.2, 0.25) is 5.78 Å². The Labute approximate surface area is 242 Å². The van der Waals surface area contributed by atoms with Crippen LogP contribution in [0.5, 0.6) is 0 Å². The summed E-state index contributed by atoms with van der Waals surface area (Å²) in [5, 5.41) is 20.8. The smallest absolute Gasteiger partial charge is 0.450 e. The molecule has 43 heavy (non-hydrogen) atoms. The number of hydrogen-bond acceptors (Lipinski definition) is 6. The zero-order valence-electron chi connectivity index (χ0n) is 23.2. The van der Waals surface area contributed by atoms with E-state index in [1.54, 1.807) is 12.1 Å². The number of carboxylic acids is 1. The molecule has 0 atom stereocenters. The number of nitrogens with one attached hydrogen (secondary N) is 1. The number of aliphatic hydroxyl groups excluding tert-OH is 1. The predicted octanol–water partition coefficient (Wildman–Crippen LogP) is 5.06. The van der Waals surface area contributed by atoms with Gasteiger partial charge in [0.15, 0.2) is 5.78 Å². The topological polar surface area (TPSA) is 152 Å². The summed E-state index contributed by atoms with van der Waals surface area (Å²) in [6.07, 6.45) is -7.55. The van der Waals surface area contributed by atoms with E-state index in [1.807, 2.05) is 13.8 Å². The van der Waals surface area contributed by atoms with E-state index in [0.29, 0.717) is 49.2 Å². The minimum absolute atomic E-state index is 0.00609. The van der Waals surface area contributed by atoms with Gasteiger partial charge in [0, 0.05) is 35.7 Å². The molecule has 1 aromatic carbocycles. The van der Waals surface area contributed by atoms with Gasteiger partial charge >= 0.3 is 18.3 Å². The molecule has 1 fully saturated rings. The van der Waals surface area contributed by atoms with Crippen LogP contribution in [0.2, 0.25) is 0 Å². The Morgan fingerprint density at radius 1 is 1.05 bits per heavy atom. The minimum atomic E-state index is -5.03. The van der Waals surface area contributed by atoms with Gasteiger partial charge in [-0.1, -0.05) is 13.8 Å². The van der Waals surface area contributed by atoms with Crippen LogP contribution in [0.15, 0.2) is 24.4 Å². The van der Waals surface area contributed by atoms with Crippen LogP contribution < -0.4 is 11.1 Å². The number of fused-ring (bicyclic) bond motifs is 1. The number of ketones is 2. The van der Waals surface area contributed by atoms with Crippen molar-refractivity contribution >= 4 is 29.1 Å². The first-order valence-electron chi connectivity index (χ1n) is 13.2. The quantitative estimate of drug-likeness (QED) is 0.261. The maximum absolute atomic E-state index is 13.8. The molecule has 5 N–H and O–H groups in total. The highest BCUT2D eigenvalue weighted by Gasteiger charge is 2.44. The molecule has 1 saturated carbocycles. The number of Topliss-reactive ketones (excluding diaryl/α,β-unsaturated/α-hetero) is 2. The molecule has 0 bridgehead atoms. The van der Waals surface area contributed by atoms with Gasteiger partial charge in [-0.25, -0.2) is 0 Å². The molecule has 2 aliphatic carbocycles. The molecule has 0 aliphatic heterocycles. The van der Waals surface area contributed by atoms with Crippen LogP contribution in [0.25, 0.3) is 5.69 Å². The summed E-state index contributed by atoms with van der Waals surface area (Å²) in [4.78, 5) is 44.0. The van der Waals surface area contributed by atoms with Crippen molar-refractivity contribution < 1.29 is 55.7 Å². The second kappa shape index (κ2) is 12.4. The number of aromatic nitrogens is 1. The fraction of sp³-hybridized carbons (Fsp3) is 0.500. The van der Waals surface area contributed by atoms with E-state index >= 15 is 0 Å². The summed E-state index contributed by atoms with van der Waals surface area (Å²) in [6, 6.07) is 4.65. The average molecular weight is 620 g/mol. The number of hydrogen-bond donors (Lipinski definition) is 4. The molecule has 1 aromatic heterocycles. The van der Waals surface area contributed by atoms with Crippen molar-refractivity contribution in [1.82, 2.24) is 4.57 Å². The van der Waals surface area contributed by atoms with E-state index in [9.17, 15) is 50.6 Å². The van der Waals surface area contributed by atoms with E-state index < -0.39 is 53.2 Å². The lowest BCUT2D eigenvalue weighted by atomic mass is 9.75. The Morgan fingerprint density at radius 2 is 1.65 bits per heavy atom. The van der Waals surface area contributed by atoms with Crippen molar-refractivity contribution in [2.45, 2.75) is 83.3 Å². The summed E-state index contributed by atoms with van der Waals surface area (Å²) >= 11 is 0. The van der Waals surface area contributed by atoms with Crippen molar-refractivity contribution in [2.75, 3.05) is 5.32 Å². The molecule has 0 saturated heterocycles. The van der Waals surface area contributed by atoms with Crippen molar-refractivity contribution in [3.05, 3.63) is 46.8 Å². The number of aliphatic carboxylic acids is 1. The maximum Gasteiger partial charge on any atom is 0.450 e. The van der Waals surface area contributed by atoms with Crippen LogP contribution >= 0.6 is 0 Å². The average Bonchev–Trinajstić information content (AvgIpc) is 3.24. The van der Waals surface area contributed by atoms with Crippen LogP contribution in [0.1, 0.15) is 84.3 Å². The minimum Gasteiger partial charge on any atom is -0.481 e. The lowest BCUT2D eigenvalue weighted by Gasteiger charge is -2.30. The summed E-state index contributed by atoms with van der Waals surface area (Å²) < 4.78 is 76.4. The predicted molar refractivity (Wildman–Crippen MR) is 141 cm³/mol. The van der Waals surface area contributed by atoms with Crippen molar-refractivity contribution in [3.63, 3.8) is 0 Å². The van der Waals surface area contributed by atoms with Gasteiger partial charge in [0.05, 0.1) is 22.8 Å². The number of alkyl halides is 6. The third-order valence-electron chi connectivity index (χ3n) is 7.21. The van der Waals surface area contributed by atoms with Crippen molar-refractivity contribution in [1.29, 1.82) is 0 Å². The van der Waals surface area contributed by atoms with Gasteiger partial charge in [-0.15, -0.1) is 0 Å². The number of nitrogens with zero attached hydrogens (tertiary/aromatic N) is 1. The summed E-state index contributed by atoms with van der Waals surface area (Å²) in [5.41, 5.74) is 5.26. The van der Waals surface area contributed by atoms with Gasteiger partial charge < -0.3 is 25.8 Å². The normalized spacial score (nSPS) is 20.0. The van der Waals surface area contributed by atoms with E-state index in [-0.39, 0.29) is 29.7 Å². The number of carbonyl (C=O) groups is 4. The molecule has 0 radical (unpaired) electrons. The molecule has 236 valence electrons. The fourth-order valence-corrected chi connectivity index (χ4v) is 5.21. The molecule has 0 spiro atoms. The van der Waals surface area contributed by atoms with E-state index in [0.717, 1.165) is 6.20 Å². The molecule has 1 heterocycles.